The molecule has 1 unspecified atom stereocenters. The fraction of sp³-hybridized carbons (Fsp3) is 0.429. The molecule has 0 bridgehead atoms. The second-order valence-corrected chi connectivity index (χ2v) is 5.38. The lowest BCUT2D eigenvalue weighted by Gasteiger charge is -2.23. The van der Waals surface area contributed by atoms with Crippen LogP contribution < -0.4 is 4.74 Å². The van der Waals surface area contributed by atoms with Gasteiger partial charge >= 0.3 is 5.97 Å². The Labute approximate surface area is 132 Å². The van der Waals surface area contributed by atoms with Crippen LogP contribution in [0, 0.1) is 3.57 Å². The highest BCUT2D eigenvalue weighted by atomic mass is 127. The summed E-state index contributed by atoms with van der Waals surface area (Å²) in [6.07, 6.45) is -0.646. The van der Waals surface area contributed by atoms with Crippen LogP contribution in [-0.2, 0) is 4.79 Å². The molecule has 6 heteroatoms. The van der Waals surface area contributed by atoms with Gasteiger partial charge in [0, 0.05) is 13.1 Å². The number of halogens is 1. The number of benzene rings is 1. The molecule has 0 aliphatic heterocycles. The van der Waals surface area contributed by atoms with Gasteiger partial charge in [0.2, 0.25) is 0 Å². The number of nitrogens with zero attached hydrogens (tertiary/aromatic N) is 1. The van der Waals surface area contributed by atoms with E-state index in [1.807, 2.05) is 13.8 Å². The maximum absolute atomic E-state index is 12.1. The van der Waals surface area contributed by atoms with E-state index in [1.165, 1.54) is 12.1 Å². The minimum atomic E-state index is -1.02. The van der Waals surface area contributed by atoms with Crippen molar-refractivity contribution in [3.8, 4) is 5.75 Å². The molecule has 0 heterocycles. The topological polar surface area (TPSA) is 66.8 Å². The van der Waals surface area contributed by atoms with Crippen molar-refractivity contribution in [2.45, 2.75) is 26.9 Å². The van der Waals surface area contributed by atoms with Gasteiger partial charge in [0.05, 0.1) is 9.13 Å². The van der Waals surface area contributed by atoms with E-state index >= 15 is 0 Å². The average Bonchev–Trinajstić information content (AvgIpc) is 2.42. The predicted molar refractivity (Wildman–Crippen MR) is 84.1 cm³/mol. The summed E-state index contributed by atoms with van der Waals surface area (Å²) in [5.41, 5.74) is 0.142. The normalized spacial score (nSPS) is 11.8. The van der Waals surface area contributed by atoms with E-state index < -0.39 is 12.1 Å². The number of carbonyl (C=O) groups is 2. The lowest BCUT2D eigenvalue weighted by Crippen LogP contribution is -2.40. The summed E-state index contributed by atoms with van der Waals surface area (Å²) < 4.78 is 6.39. The van der Waals surface area contributed by atoms with Gasteiger partial charge in [-0.2, -0.15) is 0 Å². The summed E-state index contributed by atoms with van der Waals surface area (Å²) in [7, 11) is 0. The van der Waals surface area contributed by atoms with Crippen LogP contribution in [0.15, 0.2) is 18.2 Å². The van der Waals surface area contributed by atoms with E-state index in [2.05, 4.69) is 22.6 Å². The van der Waals surface area contributed by atoms with Gasteiger partial charge in [-0.15, -0.1) is 0 Å². The number of aromatic carboxylic acids is 1. The monoisotopic (exact) mass is 391 g/mol. The summed E-state index contributed by atoms with van der Waals surface area (Å²) in [5, 5.41) is 8.97. The molecule has 1 amide bonds. The van der Waals surface area contributed by atoms with Crippen LogP contribution in [0.2, 0.25) is 0 Å². The minimum Gasteiger partial charge on any atom is -0.480 e. The molecular formula is C14H18INO4. The van der Waals surface area contributed by atoms with Crippen molar-refractivity contribution in [3.63, 3.8) is 0 Å². The van der Waals surface area contributed by atoms with Crippen LogP contribution in [-0.4, -0.2) is 41.1 Å². The van der Waals surface area contributed by atoms with Crippen LogP contribution >= 0.6 is 22.6 Å². The zero-order valence-electron chi connectivity index (χ0n) is 11.7. The number of rotatable bonds is 6. The zero-order chi connectivity index (χ0) is 15.3. The SMILES string of the molecule is CCN(CC)C(=O)C(C)Oc1cc(C(=O)O)ccc1I. The van der Waals surface area contributed by atoms with E-state index in [0.29, 0.717) is 18.8 Å². The van der Waals surface area contributed by atoms with Gasteiger partial charge in [-0.1, -0.05) is 0 Å². The summed E-state index contributed by atoms with van der Waals surface area (Å²) in [6.45, 7) is 6.72. The van der Waals surface area contributed by atoms with E-state index in [9.17, 15) is 9.59 Å². The third-order valence-electron chi connectivity index (χ3n) is 2.90. The van der Waals surface area contributed by atoms with Gasteiger partial charge in [-0.25, -0.2) is 4.79 Å². The molecule has 1 rings (SSSR count). The lowest BCUT2D eigenvalue weighted by molar-refractivity contribution is -0.137. The molecule has 0 fully saturated rings. The summed E-state index contributed by atoms with van der Waals surface area (Å²) in [4.78, 5) is 24.8. The van der Waals surface area contributed by atoms with Crippen molar-refractivity contribution < 1.29 is 19.4 Å². The fourth-order valence-corrected chi connectivity index (χ4v) is 2.22. The van der Waals surface area contributed by atoms with Crippen molar-refractivity contribution in [2.24, 2.45) is 0 Å². The highest BCUT2D eigenvalue weighted by Gasteiger charge is 2.21. The standard InChI is InChI=1S/C14H18INO4/c1-4-16(5-2)13(17)9(3)20-12-8-10(14(18)19)6-7-11(12)15/h6-9H,4-5H2,1-3H3,(H,18,19). The Hall–Kier alpha value is -1.31. The van der Waals surface area contributed by atoms with Crippen molar-refractivity contribution in [3.05, 3.63) is 27.3 Å². The molecule has 0 aliphatic rings. The molecular weight excluding hydrogens is 373 g/mol. The number of amides is 1. The molecule has 110 valence electrons. The molecule has 0 saturated heterocycles. The maximum atomic E-state index is 12.1. The Morgan fingerprint density at radius 3 is 2.45 bits per heavy atom. The summed E-state index contributed by atoms with van der Waals surface area (Å²) in [5.74, 6) is -0.709. The van der Waals surface area contributed by atoms with E-state index in [4.69, 9.17) is 9.84 Å². The molecule has 20 heavy (non-hydrogen) atoms. The van der Waals surface area contributed by atoms with Crippen LogP contribution in [0.1, 0.15) is 31.1 Å². The Morgan fingerprint density at radius 1 is 1.35 bits per heavy atom. The highest BCUT2D eigenvalue weighted by molar-refractivity contribution is 14.1. The Balaban J connectivity index is 2.89. The number of carboxylic acid groups (broad SMARTS) is 1. The number of hydrogen-bond donors (Lipinski definition) is 1. The first-order valence-electron chi connectivity index (χ1n) is 6.38. The first-order chi connectivity index (χ1) is 9.40. The molecule has 0 spiro atoms. The summed E-state index contributed by atoms with van der Waals surface area (Å²) >= 11 is 2.05. The number of carboxylic acids is 1. The molecule has 1 aromatic carbocycles. The van der Waals surface area contributed by atoms with Crippen LogP contribution in [0.3, 0.4) is 0 Å². The first-order valence-corrected chi connectivity index (χ1v) is 7.46. The van der Waals surface area contributed by atoms with Gasteiger partial charge < -0.3 is 14.7 Å². The van der Waals surface area contributed by atoms with Crippen molar-refractivity contribution >= 4 is 34.5 Å². The molecule has 1 aromatic rings. The quantitative estimate of drug-likeness (QED) is 0.758. The van der Waals surface area contributed by atoms with Gasteiger partial charge in [-0.3, -0.25) is 4.79 Å². The van der Waals surface area contributed by atoms with Gasteiger partial charge in [0.1, 0.15) is 5.75 Å². The van der Waals surface area contributed by atoms with E-state index in [1.54, 1.807) is 17.9 Å². The second-order valence-electron chi connectivity index (χ2n) is 4.22. The Kier molecular flexibility index (Phi) is 6.25. The van der Waals surface area contributed by atoms with Gasteiger partial charge in [0.25, 0.3) is 5.91 Å². The van der Waals surface area contributed by atoms with Gasteiger partial charge in [0.15, 0.2) is 6.10 Å². The largest absolute Gasteiger partial charge is 0.480 e. The molecule has 1 atom stereocenters. The lowest BCUT2D eigenvalue weighted by atomic mass is 10.2. The molecule has 0 aromatic heterocycles. The maximum Gasteiger partial charge on any atom is 0.335 e. The average molecular weight is 391 g/mol. The number of likely N-dealkylation sites (N-methyl/N-ethyl adjacent to an activating group) is 1. The second kappa shape index (κ2) is 7.47. The molecule has 1 N–H and O–H groups in total. The molecule has 0 radical (unpaired) electrons. The van der Waals surface area contributed by atoms with Crippen LogP contribution in [0.5, 0.6) is 5.75 Å². The molecule has 0 aliphatic carbocycles. The number of hydrogen-bond acceptors (Lipinski definition) is 3. The van der Waals surface area contributed by atoms with Crippen molar-refractivity contribution in [1.29, 1.82) is 0 Å². The van der Waals surface area contributed by atoms with Crippen molar-refractivity contribution in [1.82, 2.24) is 4.90 Å². The smallest absolute Gasteiger partial charge is 0.335 e. The Bertz CT molecular complexity index is 500. The van der Waals surface area contributed by atoms with Crippen molar-refractivity contribution in [2.75, 3.05) is 13.1 Å². The first kappa shape index (κ1) is 16.7. The van der Waals surface area contributed by atoms with Gasteiger partial charge in [-0.05, 0) is 61.6 Å². The highest BCUT2D eigenvalue weighted by Crippen LogP contribution is 2.24. The number of carbonyl (C=O) groups excluding carboxylic acids is 1. The molecule has 0 saturated carbocycles. The third kappa shape index (κ3) is 4.09. The minimum absolute atomic E-state index is 0.105. The zero-order valence-corrected chi connectivity index (χ0v) is 13.9. The van der Waals surface area contributed by atoms with Crippen LogP contribution in [0.25, 0.3) is 0 Å². The molecule has 5 nitrogen and oxygen atoms in total. The Morgan fingerprint density at radius 2 is 1.95 bits per heavy atom. The van der Waals surface area contributed by atoms with Crippen LogP contribution in [0.4, 0.5) is 0 Å². The third-order valence-corrected chi connectivity index (χ3v) is 3.80. The number of ether oxygens (including phenoxy) is 1. The van der Waals surface area contributed by atoms with E-state index in [0.717, 1.165) is 3.57 Å². The fourth-order valence-electron chi connectivity index (χ4n) is 1.76. The summed E-state index contributed by atoms with van der Waals surface area (Å²) in [6, 6.07) is 4.61. The van der Waals surface area contributed by atoms with E-state index in [-0.39, 0.29) is 11.5 Å². The predicted octanol–water partition coefficient (Wildman–Crippen LogP) is 2.63.